The van der Waals surface area contributed by atoms with Crippen molar-refractivity contribution in [3.05, 3.63) is 35.8 Å². The molecule has 2 N–H and O–H groups in total. The number of likely N-dealkylation sites (tertiary alicyclic amines) is 1. The second-order valence-electron chi connectivity index (χ2n) is 8.16. The molecule has 0 spiro atoms. The number of halogens is 3. The molecule has 0 bridgehead atoms. The SMILES string of the molecule is CC(=O)N1CCC([C@H](C)Nc2ncc(C#N)c(-c3c[nH]c4ncc(C(F)(F)F)cc34)n2)CC1. The van der Waals surface area contributed by atoms with Gasteiger partial charge in [-0.05, 0) is 31.7 Å². The molecular formula is C22H22F3N7O. The minimum atomic E-state index is -4.54. The molecule has 1 atom stereocenters. The number of nitrogens with zero attached hydrogens (tertiary/aromatic N) is 5. The van der Waals surface area contributed by atoms with Crippen molar-refractivity contribution in [3.8, 4) is 17.3 Å². The smallest absolute Gasteiger partial charge is 0.351 e. The number of H-pyrrole nitrogens is 1. The molecule has 8 nitrogen and oxygen atoms in total. The van der Waals surface area contributed by atoms with E-state index in [1.807, 2.05) is 17.9 Å². The average Bonchev–Trinajstić information content (AvgIpc) is 3.21. The number of nitrogens with one attached hydrogen (secondary N) is 2. The number of nitriles is 1. The van der Waals surface area contributed by atoms with Crippen LogP contribution in [0.2, 0.25) is 0 Å². The Morgan fingerprint density at radius 1 is 1.30 bits per heavy atom. The molecule has 0 radical (unpaired) electrons. The Balaban J connectivity index is 1.62. The first kappa shape index (κ1) is 22.5. The Morgan fingerprint density at radius 2 is 2.03 bits per heavy atom. The second kappa shape index (κ2) is 8.69. The molecule has 0 aliphatic carbocycles. The number of amides is 1. The zero-order valence-electron chi connectivity index (χ0n) is 18.1. The summed E-state index contributed by atoms with van der Waals surface area (Å²) in [5.41, 5.74) is 0.0863. The highest BCUT2D eigenvalue weighted by atomic mass is 19.4. The van der Waals surface area contributed by atoms with Crippen LogP contribution in [0.3, 0.4) is 0 Å². The van der Waals surface area contributed by atoms with Crippen LogP contribution < -0.4 is 5.32 Å². The summed E-state index contributed by atoms with van der Waals surface area (Å²) in [6.45, 7) is 4.94. The first-order valence-corrected chi connectivity index (χ1v) is 10.5. The van der Waals surface area contributed by atoms with Gasteiger partial charge in [0.2, 0.25) is 11.9 Å². The van der Waals surface area contributed by atoms with Crippen molar-refractivity contribution in [2.45, 2.75) is 38.9 Å². The fraction of sp³-hybridized carbons (Fsp3) is 0.409. The number of rotatable bonds is 4. The lowest BCUT2D eigenvalue weighted by Crippen LogP contribution is -2.41. The topological polar surface area (TPSA) is 111 Å². The summed E-state index contributed by atoms with van der Waals surface area (Å²) in [4.78, 5) is 28.7. The van der Waals surface area contributed by atoms with E-state index in [4.69, 9.17) is 0 Å². The molecule has 0 saturated carbocycles. The summed E-state index contributed by atoms with van der Waals surface area (Å²) in [6, 6.07) is 3.00. The van der Waals surface area contributed by atoms with E-state index in [1.54, 1.807) is 6.92 Å². The summed E-state index contributed by atoms with van der Waals surface area (Å²) >= 11 is 0. The van der Waals surface area contributed by atoms with Crippen LogP contribution in [0.25, 0.3) is 22.3 Å². The molecule has 1 aliphatic heterocycles. The van der Waals surface area contributed by atoms with Crippen molar-refractivity contribution in [2.24, 2.45) is 5.92 Å². The summed E-state index contributed by atoms with van der Waals surface area (Å²) in [5.74, 6) is 0.644. The number of piperidine rings is 1. The molecule has 11 heteroatoms. The number of carbonyl (C=O) groups excluding carboxylic acids is 1. The quantitative estimate of drug-likeness (QED) is 0.613. The van der Waals surface area contributed by atoms with E-state index in [1.165, 1.54) is 12.4 Å². The predicted octanol–water partition coefficient (Wildman–Crippen LogP) is 3.97. The number of carbonyl (C=O) groups is 1. The van der Waals surface area contributed by atoms with Gasteiger partial charge in [-0.2, -0.15) is 18.4 Å². The largest absolute Gasteiger partial charge is 0.417 e. The predicted molar refractivity (Wildman–Crippen MR) is 115 cm³/mol. The van der Waals surface area contributed by atoms with Gasteiger partial charge in [-0.15, -0.1) is 0 Å². The lowest BCUT2D eigenvalue weighted by atomic mass is 9.90. The maximum absolute atomic E-state index is 13.2. The average molecular weight is 457 g/mol. The van der Waals surface area contributed by atoms with Gasteiger partial charge in [0.05, 0.1) is 23.0 Å². The Bertz CT molecular complexity index is 1220. The van der Waals surface area contributed by atoms with E-state index >= 15 is 0 Å². The third-order valence-corrected chi connectivity index (χ3v) is 6.07. The van der Waals surface area contributed by atoms with Gasteiger partial charge in [-0.3, -0.25) is 4.79 Å². The zero-order chi connectivity index (χ0) is 23.8. The van der Waals surface area contributed by atoms with Gasteiger partial charge in [0.25, 0.3) is 0 Å². The summed E-state index contributed by atoms with van der Waals surface area (Å²) in [6.07, 6.45) is 0.747. The highest BCUT2D eigenvalue weighted by Crippen LogP contribution is 2.35. The van der Waals surface area contributed by atoms with Gasteiger partial charge in [-0.1, -0.05) is 0 Å². The summed E-state index contributed by atoms with van der Waals surface area (Å²) in [7, 11) is 0. The minimum Gasteiger partial charge on any atom is -0.351 e. The van der Waals surface area contributed by atoms with E-state index in [9.17, 15) is 23.2 Å². The minimum absolute atomic E-state index is 0.00126. The zero-order valence-corrected chi connectivity index (χ0v) is 18.1. The highest BCUT2D eigenvalue weighted by Gasteiger charge is 2.32. The number of anilines is 1. The van der Waals surface area contributed by atoms with Crippen molar-refractivity contribution in [1.82, 2.24) is 24.8 Å². The number of alkyl halides is 3. The number of aromatic nitrogens is 4. The molecular weight excluding hydrogens is 435 g/mol. The molecule has 1 amide bonds. The van der Waals surface area contributed by atoms with Crippen LogP contribution in [0, 0.1) is 17.2 Å². The van der Waals surface area contributed by atoms with Crippen molar-refractivity contribution in [1.29, 1.82) is 5.26 Å². The van der Waals surface area contributed by atoms with Crippen LogP contribution >= 0.6 is 0 Å². The first-order valence-electron chi connectivity index (χ1n) is 10.5. The number of fused-ring (bicyclic) bond motifs is 1. The number of aromatic amines is 1. The van der Waals surface area contributed by atoms with Crippen LogP contribution in [-0.2, 0) is 11.0 Å². The lowest BCUT2D eigenvalue weighted by Gasteiger charge is -2.34. The van der Waals surface area contributed by atoms with E-state index < -0.39 is 11.7 Å². The van der Waals surface area contributed by atoms with E-state index in [2.05, 4.69) is 25.3 Å². The van der Waals surface area contributed by atoms with E-state index in [0.717, 1.165) is 25.1 Å². The van der Waals surface area contributed by atoms with Crippen LogP contribution in [-0.4, -0.2) is 49.9 Å². The fourth-order valence-electron chi connectivity index (χ4n) is 4.13. The molecule has 3 aromatic rings. The van der Waals surface area contributed by atoms with Crippen LogP contribution in [0.15, 0.2) is 24.7 Å². The Hall–Kier alpha value is -3.68. The Labute approximate surface area is 187 Å². The molecule has 4 heterocycles. The standard InChI is InChI=1S/C22H22F3N7O/c1-12(14-3-5-32(6-4-14)13(2)33)30-21-29-9-15(8-26)19(31-21)18-11-28-20-17(18)7-16(10-27-20)22(23,24)25/h7,9-12,14H,3-6H2,1-2H3,(H,27,28)(H,29,30,31)/t12-/m0/s1. The Morgan fingerprint density at radius 3 is 2.67 bits per heavy atom. The molecule has 172 valence electrons. The Kier molecular flexibility index (Phi) is 5.93. The van der Waals surface area contributed by atoms with Crippen LogP contribution in [0.4, 0.5) is 19.1 Å². The fourth-order valence-corrected chi connectivity index (χ4v) is 4.13. The van der Waals surface area contributed by atoms with Crippen LogP contribution in [0.5, 0.6) is 0 Å². The molecule has 1 fully saturated rings. The monoisotopic (exact) mass is 457 g/mol. The number of pyridine rings is 1. The molecule has 4 rings (SSSR count). The molecule has 1 saturated heterocycles. The van der Waals surface area contributed by atoms with Gasteiger partial charge in [0.15, 0.2) is 0 Å². The third-order valence-electron chi connectivity index (χ3n) is 6.07. The van der Waals surface area contributed by atoms with E-state index in [-0.39, 0.29) is 40.2 Å². The molecule has 1 aliphatic rings. The summed E-state index contributed by atoms with van der Waals surface area (Å²) < 4.78 is 39.6. The van der Waals surface area contributed by atoms with Crippen molar-refractivity contribution in [3.63, 3.8) is 0 Å². The maximum Gasteiger partial charge on any atom is 0.417 e. The van der Waals surface area contributed by atoms with Gasteiger partial charge in [-0.25, -0.2) is 15.0 Å². The number of hydrogen-bond acceptors (Lipinski definition) is 6. The molecule has 0 aromatic carbocycles. The first-order chi connectivity index (χ1) is 15.7. The molecule has 0 unspecified atom stereocenters. The van der Waals surface area contributed by atoms with Gasteiger partial charge >= 0.3 is 6.18 Å². The highest BCUT2D eigenvalue weighted by molar-refractivity contribution is 5.94. The molecule has 33 heavy (non-hydrogen) atoms. The van der Waals surface area contributed by atoms with Crippen molar-refractivity contribution in [2.75, 3.05) is 18.4 Å². The second-order valence-corrected chi connectivity index (χ2v) is 8.16. The van der Waals surface area contributed by atoms with Crippen LogP contribution in [0.1, 0.15) is 37.8 Å². The summed E-state index contributed by atoms with van der Waals surface area (Å²) in [5, 5.41) is 13.0. The maximum atomic E-state index is 13.2. The third kappa shape index (κ3) is 4.60. The van der Waals surface area contributed by atoms with Gasteiger partial charge < -0.3 is 15.2 Å². The van der Waals surface area contributed by atoms with Crippen molar-refractivity contribution >= 4 is 22.9 Å². The molecule has 3 aromatic heterocycles. The van der Waals surface area contributed by atoms with Crippen molar-refractivity contribution < 1.29 is 18.0 Å². The number of hydrogen-bond donors (Lipinski definition) is 2. The van der Waals surface area contributed by atoms with E-state index in [0.29, 0.717) is 24.6 Å². The van der Waals surface area contributed by atoms with Gasteiger partial charge in [0.1, 0.15) is 11.7 Å². The van der Waals surface area contributed by atoms with Gasteiger partial charge in [0, 0.05) is 49.4 Å². The lowest BCUT2D eigenvalue weighted by molar-refractivity contribution is -0.137. The normalized spacial score (nSPS) is 15.9.